The number of hydrogen-bond donors (Lipinski definition) is 1. The van der Waals surface area contributed by atoms with Crippen molar-refractivity contribution >= 4 is 17.7 Å². The summed E-state index contributed by atoms with van der Waals surface area (Å²) in [6.07, 6.45) is 4.12. The van der Waals surface area contributed by atoms with Gasteiger partial charge in [-0.05, 0) is 70.7 Å². The fraction of sp³-hybridized carbons (Fsp3) is 0.692. The van der Waals surface area contributed by atoms with E-state index in [-0.39, 0.29) is 17.6 Å². The SMILES string of the molecule is CCOC(=O)N1CCN(C(=O)c2ccc(N3CCC(NC4CCOC(C)(C)C4)CC3)cc2)CC1. The molecule has 3 heterocycles. The molecule has 0 aromatic heterocycles. The molecule has 34 heavy (non-hydrogen) atoms. The monoisotopic (exact) mass is 472 g/mol. The predicted molar refractivity (Wildman–Crippen MR) is 132 cm³/mol. The van der Waals surface area contributed by atoms with Gasteiger partial charge in [-0.15, -0.1) is 0 Å². The number of nitrogens with one attached hydrogen (secondary N) is 1. The topological polar surface area (TPSA) is 74.4 Å². The lowest BCUT2D eigenvalue weighted by Crippen LogP contribution is -2.51. The van der Waals surface area contributed by atoms with Crippen LogP contribution < -0.4 is 10.2 Å². The minimum atomic E-state index is -0.297. The largest absolute Gasteiger partial charge is 0.450 e. The van der Waals surface area contributed by atoms with Crippen molar-refractivity contribution in [3.05, 3.63) is 29.8 Å². The molecule has 3 aliphatic rings. The molecule has 0 aliphatic carbocycles. The molecule has 3 saturated heterocycles. The molecule has 0 saturated carbocycles. The van der Waals surface area contributed by atoms with E-state index in [1.165, 1.54) is 5.69 Å². The molecule has 3 aliphatic heterocycles. The zero-order valence-electron chi connectivity index (χ0n) is 20.9. The first-order valence-corrected chi connectivity index (χ1v) is 12.8. The maximum atomic E-state index is 12.9. The lowest BCUT2D eigenvalue weighted by atomic mass is 9.92. The van der Waals surface area contributed by atoms with Gasteiger partial charge in [-0.1, -0.05) is 0 Å². The molecule has 0 spiro atoms. The van der Waals surface area contributed by atoms with E-state index in [0.29, 0.717) is 50.4 Å². The van der Waals surface area contributed by atoms with Crippen LogP contribution in [-0.4, -0.2) is 92.0 Å². The third-order valence-electron chi connectivity index (χ3n) is 7.24. The third kappa shape index (κ3) is 6.21. The van der Waals surface area contributed by atoms with E-state index in [1.807, 2.05) is 17.0 Å². The van der Waals surface area contributed by atoms with Crippen LogP contribution in [0.1, 0.15) is 56.8 Å². The number of benzene rings is 1. The van der Waals surface area contributed by atoms with E-state index >= 15 is 0 Å². The number of nitrogens with zero attached hydrogens (tertiary/aromatic N) is 3. The number of amides is 2. The Bertz CT molecular complexity index is 828. The van der Waals surface area contributed by atoms with Gasteiger partial charge in [-0.3, -0.25) is 4.79 Å². The van der Waals surface area contributed by atoms with E-state index in [2.05, 4.69) is 36.2 Å². The Hall–Kier alpha value is -2.32. The number of piperazine rings is 1. The maximum absolute atomic E-state index is 12.9. The van der Waals surface area contributed by atoms with Crippen LogP contribution in [0.2, 0.25) is 0 Å². The molecule has 1 atom stereocenters. The number of ether oxygens (including phenoxy) is 2. The fourth-order valence-corrected chi connectivity index (χ4v) is 5.32. The van der Waals surface area contributed by atoms with Gasteiger partial charge in [-0.2, -0.15) is 0 Å². The first kappa shape index (κ1) is 24.8. The van der Waals surface area contributed by atoms with Crippen molar-refractivity contribution in [1.29, 1.82) is 0 Å². The number of carbonyl (C=O) groups excluding carboxylic acids is 2. The molecule has 0 bridgehead atoms. The highest BCUT2D eigenvalue weighted by Crippen LogP contribution is 2.26. The van der Waals surface area contributed by atoms with Crippen LogP contribution in [-0.2, 0) is 9.47 Å². The van der Waals surface area contributed by atoms with Crippen LogP contribution in [0.15, 0.2) is 24.3 Å². The number of anilines is 1. The van der Waals surface area contributed by atoms with Crippen molar-refractivity contribution in [2.24, 2.45) is 0 Å². The van der Waals surface area contributed by atoms with E-state index in [0.717, 1.165) is 45.4 Å². The van der Waals surface area contributed by atoms with Gasteiger partial charge in [-0.25, -0.2) is 4.79 Å². The highest BCUT2D eigenvalue weighted by molar-refractivity contribution is 5.94. The van der Waals surface area contributed by atoms with Gasteiger partial charge in [0.15, 0.2) is 0 Å². The fourth-order valence-electron chi connectivity index (χ4n) is 5.32. The summed E-state index contributed by atoms with van der Waals surface area (Å²) < 4.78 is 10.9. The Balaban J connectivity index is 1.23. The Morgan fingerprint density at radius 1 is 0.971 bits per heavy atom. The van der Waals surface area contributed by atoms with Gasteiger partial charge in [0.1, 0.15) is 0 Å². The molecule has 1 aromatic carbocycles. The highest BCUT2D eigenvalue weighted by atomic mass is 16.6. The molecule has 2 amide bonds. The van der Waals surface area contributed by atoms with Crippen LogP contribution in [0.25, 0.3) is 0 Å². The Morgan fingerprint density at radius 2 is 1.62 bits per heavy atom. The van der Waals surface area contributed by atoms with Crippen molar-refractivity contribution in [3.63, 3.8) is 0 Å². The second-order valence-electron chi connectivity index (χ2n) is 10.3. The van der Waals surface area contributed by atoms with Crippen LogP contribution in [0, 0.1) is 0 Å². The second-order valence-corrected chi connectivity index (χ2v) is 10.3. The summed E-state index contributed by atoms with van der Waals surface area (Å²) in [6.45, 7) is 11.5. The number of piperidine rings is 1. The van der Waals surface area contributed by atoms with Gasteiger partial charge in [0.05, 0.1) is 12.2 Å². The quantitative estimate of drug-likeness (QED) is 0.710. The van der Waals surface area contributed by atoms with Crippen molar-refractivity contribution < 1.29 is 19.1 Å². The molecule has 4 rings (SSSR count). The number of hydrogen-bond acceptors (Lipinski definition) is 6. The summed E-state index contributed by atoms with van der Waals surface area (Å²) in [6, 6.07) is 9.11. The van der Waals surface area contributed by atoms with E-state index in [9.17, 15) is 9.59 Å². The van der Waals surface area contributed by atoms with Gasteiger partial charge >= 0.3 is 6.09 Å². The summed E-state index contributed by atoms with van der Waals surface area (Å²) in [5.74, 6) is 0.0253. The molecule has 3 fully saturated rings. The summed E-state index contributed by atoms with van der Waals surface area (Å²) in [5, 5.41) is 3.87. The van der Waals surface area contributed by atoms with Crippen molar-refractivity contribution in [2.45, 2.75) is 64.1 Å². The van der Waals surface area contributed by atoms with Crippen molar-refractivity contribution in [3.8, 4) is 0 Å². The number of carbonyl (C=O) groups is 2. The lowest BCUT2D eigenvalue weighted by Gasteiger charge is -2.40. The standard InChI is InChI=1S/C26H40N4O4/c1-4-33-25(32)30-16-14-29(15-17-30)24(31)20-5-7-23(8-6-20)28-12-9-21(10-13-28)27-22-11-18-34-26(2,3)19-22/h5-8,21-22,27H,4,9-19H2,1-3H3. The van der Waals surface area contributed by atoms with Crippen LogP contribution in [0.3, 0.4) is 0 Å². The lowest BCUT2D eigenvalue weighted by molar-refractivity contribution is -0.0644. The third-order valence-corrected chi connectivity index (χ3v) is 7.24. The Morgan fingerprint density at radius 3 is 2.24 bits per heavy atom. The summed E-state index contributed by atoms with van der Waals surface area (Å²) in [5.41, 5.74) is 1.85. The van der Waals surface area contributed by atoms with Gasteiger partial charge in [0.2, 0.25) is 0 Å². The zero-order chi connectivity index (χ0) is 24.1. The summed E-state index contributed by atoms with van der Waals surface area (Å²) in [4.78, 5) is 30.7. The average Bonchev–Trinajstić information content (AvgIpc) is 2.84. The van der Waals surface area contributed by atoms with E-state index in [1.54, 1.807) is 11.8 Å². The second kappa shape index (κ2) is 11.0. The summed E-state index contributed by atoms with van der Waals surface area (Å²) in [7, 11) is 0. The van der Waals surface area contributed by atoms with Crippen LogP contribution >= 0.6 is 0 Å². The normalized spacial score (nSPS) is 23.6. The van der Waals surface area contributed by atoms with E-state index in [4.69, 9.17) is 9.47 Å². The molecular formula is C26H40N4O4. The molecule has 0 radical (unpaired) electrons. The summed E-state index contributed by atoms with van der Waals surface area (Å²) >= 11 is 0. The Kier molecular flexibility index (Phi) is 7.99. The molecule has 188 valence electrons. The first-order valence-electron chi connectivity index (χ1n) is 12.8. The van der Waals surface area contributed by atoms with Crippen LogP contribution in [0.5, 0.6) is 0 Å². The molecule has 1 N–H and O–H groups in total. The predicted octanol–water partition coefficient (Wildman–Crippen LogP) is 3.12. The first-order chi connectivity index (χ1) is 16.3. The minimum Gasteiger partial charge on any atom is -0.450 e. The molecule has 8 nitrogen and oxygen atoms in total. The van der Waals surface area contributed by atoms with E-state index < -0.39 is 0 Å². The zero-order valence-corrected chi connectivity index (χ0v) is 20.9. The van der Waals surface area contributed by atoms with Gasteiger partial charge < -0.3 is 29.5 Å². The van der Waals surface area contributed by atoms with Gasteiger partial charge in [0.25, 0.3) is 5.91 Å². The molecule has 8 heteroatoms. The molecular weight excluding hydrogens is 432 g/mol. The number of rotatable bonds is 5. The maximum Gasteiger partial charge on any atom is 0.409 e. The smallest absolute Gasteiger partial charge is 0.409 e. The van der Waals surface area contributed by atoms with Gasteiger partial charge in [0, 0.05) is 69.2 Å². The van der Waals surface area contributed by atoms with Crippen molar-refractivity contribution in [1.82, 2.24) is 15.1 Å². The Labute approximate surface area is 203 Å². The minimum absolute atomic E-state index is 0.0235. The van der Waals surface area contributed by atoms with Crippen molar-refractivity contribution in [2.75, 3.05) is 57.4 Å². The molecule has 1 aromatic rings. The van der Waals surface area contributed by atoms with Crippen LogP contribution in [0.4, 0.5) is 10.5 Å². The molecule has 1 unspecified atom stereocenters. The highest BCUT2D eigenvalue weighted by Gasteiger charge is 2.31. The average molecular weight is 473 g/mol.